The predicted octanol–water partition coefficient (Wildman–Crippen LogP) is 1.29. The van der Waals surface area contributed by atoms with Crippen LogP contribution in [0.4, 0.5) is 5.69 Å². The third-order valence-corrected chi connectivity index (χ3v) is 3.78. The second-order valence-corrected chi connectivity index (χ2v) is 5.82. The number of aryl methyl sites for hydroxylation is 1. The molecule has 0 aliphatic heterocycles. The minimum atomic E-state index is -0.694. The maximum Gasteiger partial charge on any atom is 0.338 e. The monoisotopic (exact) mass is 359 g/mol. The van der Waals surface area contributed by atoms with E-state index in [0.29, 0.717) is 17.9 Å². The first kappa shape index (κ1) is 19.2. The Bertz CT molecular complexity index is 943. The van der Waals surface area contributed by atoms with Crippen molar-refractivity contribution in [3.05, 3.63) is 62.4 Å². The number of hydrogen-bond donors (Lipinski definition) is 1. The molecule has 138 valence electrons. The molecule has 0 radical (unpaired) electrons. The maximum atomic E-state index is 12.4. The Hall–Kier alpha value is -3.16. The summed E-state index contributed by atoms with van der Waals surface area (Å²) in [6.45, 7) is 2.33. The van der Waals surface area contributed by atoms with E-state index in [9.17, 15) is 19.2 Å². The first-order valence-electron chi connectivity index (χ1n) is 8.20. The number of unbranched alkanes of at least 4 members (excludes halogenated alkanes) is 1. The lowest BCUT2D eigenvalue weighted by Crippen LogP contribution is -2.40. The lowest BCUT2D eigenvalue weighted by Gasteiger charge is -2.09. The van der Waals surface area contributed by atoms with Gasteiger partial charge in [-0.2, -0.15) is 0 Å². The average Bonchev–Trinajstić information content (AvgIpc) is 2.63. The molecule has 1 heterocycles. The van der Waals surface area contributed by atoms with Crippen molar-refractivity contribution in [1.29, 1.82) is 0 Å². The number of carbonyl (C=O) groups is 2. The van der Waals surface area contributed by atoms with Gasteiger partial charge in [-0.1, -0.05) is 19.4 Å². The lowest BCUT2D eigenvalue weighted by atomic mass is 10.2. The number of nitrogens with zero attached hydrogens (tertiary/aromatic N) is 2. The molecule has 8 heteroatoms. The highest BCUT2D eigenvalue weighted by molar-refractivity contribution is 6.04. The smallest absolute Gasteiger partial charge is 0.338 e. The van der Waals surface area contributed by atoms with E-state index in [1.807, 2.05) is 6.92 Å². The van der Waals surface area contributed by atoms with Crippen molar-refractivity contribution in [1.82, 2.24) is 9.13 Å². The van der Waals surface area contributed by atoms with Crippen LogP contribution in [-0.4, -0.2) is 27.6 Å². The molecule has 0 aliphatic carbocycles. The number of esters is 1. The Morgan fingerprint density at radius 1 is 1.19 bits per heavy atom. The number of carbonyl (C=O) groups excluding carboxylic acids is 2. The summed E-state index contributed by atoms with van der Waals surface area (Å²) in [5.74, 6) is -1.15. The van der Waals surface area contributed by atoms with Gasteiger partial charge in [0.2, 0.25) is 0 Å². The van der Waals surface area contributed by atoms with Crippen molar-refractivity contribution in [3.63, 3.8) is 0 Å². The molecule has 0 unspecified atom stereocenters. The molecule has 0 fully saturated rings. The van der Waals surface area contributed by atoms with E-state index >= 15 is 0 Å². The molecule has 1 N–H and O–H groups in total. The predicted molar refractivity (Wildman–Crippen MR) is 96.5 cm³/mol. The maximum absolute atomic E-state index is 12.4. The zero-order chi connectivity index (χ0) is 19.3. The molecule has 0 saturated heterocycles. The summed E-state index contributed by atoms with van der Waals surface area (Å²) in [5.41, 5.74) is -0.752. The van der Waals surface area contributed by atoms with E-state index < -0.39 is 23.1 Å². The Kier molecular flexibility index (Phi) is 6.11. The molecule has 1 aromatic heterocycles. The van der Waals surface area contributed by atoms with Crippen LogP contribution >= 0.6 is 0 Å². The van der Waals surface area contributed by atoms with Gasteiger partial charge in [0.15, 0.2) is 0 Å². The molecule has 0 aliphatic rings. The van der Waals surface area contributed by atoms with Gasteiger partial charge in [-0.15, -0.1) is 0 Å². The Balaban J connectivity index is 2.20. The standard InChI is InChI=1S/C18H21N3O5/c1-4-5-9-26-17(24)12-7-6-8-13(10-12)19-15(22)14-11-20(2)18(25)21(3)16(14)23/h6-8,10-11H,4-5,9H2,1-3H3,(H,19,22). The van der Waals surface area contributed by atoms with Crippen LogP contribution in [0.15, 0.2) is 40.1 Å². The highest BCUT2D eigenvalue weighted by atomic mass is 16.5. The van der Waals surface area contributed by atoms with Crippen LogP contribution in [0.5, 0.6) is 0 Å². The van der Waals surface area contributed by atoms with Gasteiger partial charge in [0.25, 0.3) is 11.5 Å². The fourth-order valence-corrected chi connectivity index (χ4v) is 2.28. The lowest BCUT2D eigenvalue weighted by molar-refractivity contribution is 0.0499. The van der Waals surface area contributed by atoms with Crippen molar-refractivity contribution < 1.29 is 14.3 Å². The summed E-state index contributed by atoms with van der Waals surface area (Å²) in [6, 6.07) is 6.24. The summed E-state index contributed by atoms with van der Waals surface area (Å²) < 4.78 is 7.14. The van der Waals surface area contributed by atoms with Crippen LogP contribution < -0.4 is 16.6 Å². The van der Waals surface area contributed by atoms with Gasteiger partial charge < -0.3 is 14.6 Å². The Morgan fingerprint density at radius 3 is 2.62 bits per heavy atom. The zero-order valence-corrected chi connectivity index (χ0v) is 14.9. The summed E-state index contributed by atoms with van der Waals surface area (Å²) in [4.78, 5) is 48.2. The highest BCUT2D eigenvalue weighted by Crippen LogP contribution is 2.13. The number of hydrogen-bond acceptors (Lipinski definition) is 5. The molecule has 1 aromatic carbocycles. The first-order chi connectivity index (χ1) is 12.3. The van der Waals surface area contributed by atoms with E-state index in [1.165, 1.54) is 26.4 Å². The van der Waals surface area contributed by atoms with Crippen LogP contribution in [0.2, 0.25) is 0 Å². The number of ether oxygens (including phenoxy) is 1. The van der Waals surface area contributed by atoms with Gasteiger partial charge in [-0.05, 0) is 24.6 Å². The Labute approximate surface area is 150 Å². The zero-order valence-electron chi connectivity index (χ0n) is 14.9. The fraction of sp³-hybridized carbons (Fsp3) is 0.333. The van der Waals surface area contributed by atoms with Crippen molar-refractivity contribution in [2.45, 2.75) is 19.8 Å². The molecule has 0 spiro atoms. The molecular formula is C18H21N3O5. The summed E-state index contributed by atoms with van der Waals surface area (Å²) in [5, 5.41) is 2.56. The van der Waals surface area contributed by atoms with Crippen molar-refractivity contribution in [3.8, 4) is 0 Å². The third kappa shape index (κ3) is 4.27. The van der Waals surface area contributed by atoms with Gasteiger partial charge in [-0.25, -0.2) is 9.59 Å². The van der Waals surface area contributed by atoms with Crippen LogP contribution in [0.25, 0.3) is 0 Å². The minimum absolute atomic E-state index is 0.175. The average molecular weight is 359 g/mol. The van der Waals surface area contributed by atoms with Crippen LogP contribution in [0.1, 0.15) is 40.5 Å². The van der Waals surface area contributed by atoms with E-state index in [0.717, 1.165) is 22.0 Å². The molecule has 0 atom stereocenters. The second kappa shape index (κ2) is 8.28. The summed E-state index contributed by atoms with van der Waals surface area (Å²) in [7, 11) is 2.75. The summed E-state index contributed by atoms with van der Waals surface area (Å²) >= 11 is 0. The van der Waals surface area contributed by atoms with Crippen LogP contribution in [-0.2, 0) is 18.8 Å². The van der Waals surface area contributed by atoms with Crippen LogP contribution in [0.3, 0.4) is 0 Å². The van der Waals surface area contributed by atoms with Gasteiger partial charge in [0.05, 0.1) is 12.2 Å². The number of nitrogens with one attached hydrogen (secondary N) is 1. The fourth-order valence-electron chi connectivity index (χ4n) is 2.28. The van der Waals surface area contributed by atoms with Crippen LogP contribution in [0, 0.1) is 0 Å². The molecule has 1 amide bonds. The van der Waals surface area contributed by atoms with Gasteiger partial charge in [-0.3, -0.25) is 14.2 Å². The van der Waals surface area contributed by atoms with Crippen molar-refractivity contribution in [2.24, 2.45) is 14.1 Å². The van der Waals surface area contributed by atoms with Gasteiger partial charge in [0.1, 0.15) is 5.56 Å². The third-order valence-electron chi connectivity index (χ3n) is 3.78. The number of aromatic nitrogens is 2. The first-order valence-corrected chi connectivity index (χ1v) is 8.20. The van der Waals surface area contributed by atoms with Crippen molar-refractivity contribution in [2.75, 3.05) is 11.9 Å². The van der Waals surface area contributed by atoms with Gasteiger partial charge in [0, 0.05) is 26.0 Å². The number of rotatable bonds is 6. The molecular weight excluding hydrogens is 338 g/mol. The van der Waals surface area contributed by atoms with E-state index in [4.69, 9.17) is 4.74 Å². The number of amides is 1. The minimum Gasteiger partial charge on any atom is -0.462 e. The molecule has 0 saturated carbocycles. The van der Waals surface area contributed by atoms with E-state index in [-0.39, 0.29) is 5.56 Å². The molecule has 26 heavy (non-hydrogen) atoms. The van der Waals surface area contributed by atoms with Gasteiger partial charge >= 0.3 is 11.7 Å². The number of anilines is 1. The molecule has 0 bridgehead atoms. The summed E-state index contributed by atoms with van der Waals surface area (Å²) in [6.07, 6.45) is 2.87. The molecule has 2 aromatic rings. The SMILES string of the molecule is CCCCOC(=O)c1cccc(NC(=O)c2cn(C)c(=O)n(C)c2=O)c1. The van der Waals surface area contributed by atoms with Crippen molar-refractivity contribution >= 4 is 17.6 Å². The van der Waals surface area contributed by atoms with E-state index in [1.54, 1.807) is 18.2 Å². The molecule has 2 rings (SSSR count). The topological polar surface area (TPSA) is 99.4 Å². The quantitative estimate of drug-likeness (QED) is 0.619. The number of benzene rings is 1. The molecule has 8 nitrogen and oxygen atoms in total. The normalized spacial score (nSPS) is 10.4. The Morgan fingerprint density at radius 2 is 1.92 bits per heavy atom. The highest BCUT2D eigenvalue weighted by Gasteiger charge is 2.16. The van der Waals surface area contributed by atoms with E-state index in [2.05, 4.69) is 5.32 Å². The second-order valence-electron chi connectivity index (χ2n) is 5.82. The largest absolute Gasteiger partial charge is 0.462 e.